The number of phosphoric acid groups is 1. The molecule has 0 aromatic heterocycles. The Bertz CT molecular complexity index is 367. The van der Waals surface area contributed by atoms with Gasteiger partial charge in [0.25, 0.3) is 0 Å². The summed E-state index contributed by atoms with van der Waals surface area (Å²) in [7, 11) is -4.19. The van der Waals surface area contributed by atoms with Gasteiger partial charge >= 0.3 is 7.82 Å². The van der Waals surface area contributed by atoms with Crippen LogP contribution < -0.4 is 5.73 Å². The number of phosphoric ester groups is 1. The average Bonchev–Trinajstić information content (AvgIpc) is 2.70. The van der Waals surface area contributed by atoms with Crippen LogP contribution in [0.2, 0.25) is 0 Å². The lowest BCUT2D eigenvalue weighted by molar-refractivity contribution is -0.0279. The van der Waals surface area contributed by atoms with E-state index in [2.05, 4.69) is 25.3 Å². The molecule has 0 heterocycles. The molecule has 0 saturated carbocycles. The molecule has 29 heavy (non-hydrogen) atoms. The summed E-state index contributed by atoms with van der Waals surface area (Å²) in [5.74, 6) is 0. The lowest BCUT2D eigenvalue weighted by Crippen LogP contribution is -2.26. The molecule has 8 heteroatoms. The number of unbranched alkanes of at least 4 members (excludes halogenated alkanes) is 8. The molecule has 4 N–H and O–H groups in total. The Labute approximate surface area is 179 Å². The fourth-order valence-electron chi connectivity index (χ4n) is 2.57. The molecule has 0 spiro atoms. The Morgan fingerprint density at radius 3 is 1.90 bits per heavy atom. The first-order valence-electron chi connectivity index (χ1n) is 11.4. The summed E-state index contributed by atoms with van der Waals surface area (Å²) < 4.78 is 26.5. The van der Waals surface area contributed by atoms with Crippen molar-refractivity contribution >= 4 is 7.82 Å². The Kier molecular flexibility index (Phi) is 24.4. The van der Waals surface area contributed by atoms with Crippen molar-refractivity contribution in [3.63, 3.8) is 0 Å². The highest BCUT2D eigenvalue weighted by atomic mass is 31.2. The molecule has 0 aliphatic heterocycles. The van der Waals surface area contributed by atoms with E-state index in [0.717, 1.165) is 12.8 Å². The molecular weight excluding hydrogens is 393 g/mol. The van der Waals surface area contributed by atoms with Crippen molar-refractivity contribution in [1.29, 1.82) is 0 Å². The van der Waals surface area contributed by atoms with Gasteiger partial charge < -0.3 is 20.5 Å². The predicted molar refractivity (Wildman–Crippen MR) is 120 cm³/mol. The maximum absolute atomic E-state index is 11.5. The molecule has 0 saturated heterocycles. The number of aliphatic hydroxyl groups is 1. The van der Waals surface area contributed by atoms with Gasteiger partial charge in [0.05, 0.1) is 25.9 Å². The molecule has 3 atom stereocenters. The van der Waals surface area contributed by atoms with Crippen LogP contribution in [0, 0.1) is 0 Å². The van der Waals surface area contributed by atoms with Crippen LogP contribution in [-0.4, -0.2) is 48.6 Å². The summed E-state index contributed by atoms with van der Waals surface area (Å²) in [5.41, 5.74) is 5.18. The van der Waals surface area contributed by atoms with Gasteiger partial charge in [-0.25, -0.2) is 4.57 Å². The van der Waals surface area contributed by atoms with E-state index in [1.165, 1.54) is 57.8 Å². The second-order valence-electron chi connectivity index (χ2n) is 7.41. The summed E-state index contributed by atoms with van der Waals surface area (Å²) in [6, 6.07) is 0. The van der Waals surface area contributed by atoms with Crippen LogP contribution in [0.5, 0.6) is 0 Å². The van der Waals surface area contributed by atoms with Gasteiger partial charge in [0.2, 0.25) is 0 Å². The molecule has 178 valence electrons. The van der Waals surface area contributed by atoms with Crippen LogP contribution in [0.15, 0.2) is 0 Å². The molecule has 0 aliphatic carbocycles. The molecule has 7 nitrogen and oxygen atoms in total. The smallest absolute Gasteiger partial charge is 0.394 e. The number of nitrogens with two attached hydrogens (primary N) is 1. The number of rotatable bonds is 19. The minimum Gasteiger partial charge on any atom is -0.394 e. The van der Waals surface area contributed by atoms with Crippen molar-refractivity contribution in [2.75, 3.05) is 26.4 Å². The van der Waals surface area contributed by atoms with Gasteiger partial charge in [0.15, 0.2) is 0 Å². The molecule has 0 aromatic carbocycles. The second kappa shape index (κ2) is 22.7. The molecule has 0 bridgehead atoms. The average molecular weight is 442 g/mol. The predicted octanol–water partition coefficient (Wildman–Crippen LogP) is 5.18. The lowest BCUT2D eigenvalue weighted by atomic mass is 10.1. The molecule has 0 aliphatic rings. The maximum atomic E-state index is 11.5. The van der Waals surface area contributed by atoms with Gasteiger partial charge in [0.1, 0.15) is 6.10 Å². The topological polar surface area (TPSA) is 111 Å². The lowest BCUT2D eigenvalue weighted by Gasteiger charge is -2.21. The highest BCUT2D eigenvalue weighted by molar-refractivity contribution is 7.47. The first-order chi connectivity index (χ1) is 13.9. The molecule has 2 unspecified atom stereocenters. The Morgan fingerprint density at radius 1 is 0.931 bits per heavy atom. The molecular formula is C21H48NO6P. The molecule has 0 amide bonds. The normalized spacial score (nSPS) is 15.3. The number of ether oxygens (including phenoxy) is 1. The summed E-state index contributed by atoms with van der Waals surface area (Å²) in [6.45, 7) is 8.26. The van der Waals surface area contributed by atoms with E-state index in [1.54, 1.807) is 0 Å². The van der Waals surface area contributed by atoms with Gasteiger partial charge in [-0.2, -0.15) is 0 Å². The van der Waals surface area contributed by atoms with Crippen molar-refractivity contribution in [2.24, 2.45) is 5.73 Å². The van der Waals surface area contributed by atoms with Crippen LogP contribution in [0.25, 0.3) is 0 Å². The van der Waals surface area contributed by atoms with Crippen LogP contribution in [0.4, 0.5) is 0 Å². The highest BCUT2D eigenvalue weighted by Gasteiger charge is 2.26. The van der Waals surface area contributed by atoms with Crippen molar-refractivity contribution in [1.82, 2.24) is 0 Å². The SMILES string of the molecule is CCCCCCC(C)OC[C@H](CO)OP(=O)(O)OCCN.CCCCCCCC. The largest absolute Gasteiger partial charge is 0.472 e. The number of hydrogen-bond acceptors (Lipinski definition) is 6. The minimum atomic E-state index is -4.19. The summed E-state index contributed by atoms with van der Waals surface area (Å²) >= 11 is 0. The van der Waals surface area contributed by atoms with Crippen molar-refractivity contribution < 1.29 is 28.3 Å². The first-order valence-corrected chi connectivity index (χ1v) is 12.9. The monoisotopic (exact) mass is 441 g/mol. The first kappa shape index (κ1) is 31.2. The van der Waals surface area contributed by atoms with E-state index in [9.17, 15) is 9.46 Å². The van der Waals surface area contributed by atoms with Crippen molar-refractivity contribution in [3.8, 4) is 0 Å². The third-order valence-corrected chi connectivity index (χ3v) is 5.42. The fraction of sp³-hybridized carbons (Fsp3) is 1.00. The van der Waals surface area contributed by atoms with Gasteiger partial charge in [-0.15, -0.1) is 0 Å². The third-order valence-electron chi connectivity index (χ3n) is 4.35. The van der Waals surface area contributed by atoms with Crippen molar-refractivity contribution in [3.05, 3.63) is 0 Å². The fourth-order valence-corrected chi connectivity index (χ4v) is 3.47. The highest BCUT2D eigenvalue weighted by Crippen LogP contribution is 2.44. The van der Waals surface area contributed by atoms with Crippen LogP contribution in [0.1, 0.15) is 98.3 Å². The summed E-state index contributed by atoms with van der Waals surface area (Å²) in [4.78, 5) is 9.40. The number of aliphatic hydroxyl groups excluding tert-OH is 1. The molecule has 0 aromatic rings. The van der Waals surface area contributed by atoms with Gasteiger partial charge in [0, 0.05) is 6.54 Å². The zero-order chi connectivity index (χ0) is 22.4. The molecule has 0 radical (unpaired) electrons. The Hall–Kier alpha value is -0.0100. The summed E-state index contributed by atoms with van der Waals surface area (Å²) in [5, 5.41) is 9.16. The van der Waals surface area contributed by atoms with Gasteiger partial charge in [-0.1, -0.05) is 85.0 Å². The van der Waals surface area contributed by atoms with Gasteiger partial charge in [-0.05, 0) is 13.3 Å². The van der Waals surface area contributed by atoms with E-state index in [-0.39, 0.29) is 25.9 Å². The Morgan fingerprint density at radius 2 is 1.45 bits per heavy atom. The maximum Gasteiger partial charge on any atom is 0.472 e. The van der Waals surface area contributed by atoms with E-state index in [0.29, 0.717) is 0 Å². The Balaban J connectivity index is 0. The minimum absolute atomic E-state index is 0.0162. The number of hydrogen-bond donors (Lipinski definition) is 3. The zero-order valence-corrected chi connectivity index (χ0v) is 20.2. The van der Waals surface area contributed by atoms with E-state index in [1.807, 2.05) is 6.92 Å². The van der Waals surface area contributed by atoms with Crippen LogP contribution in [0.3, 0.4) is 0 Å². The zero-order valence-electron chi connectivity index (χ0n) is 19.3. The van der Waals surface area contributed by atoms with E-state index < -0.39 is 20.5 Å². The molecule has 0 fully saturated rings. The van der Waals surface area contributed by atoms with Gasteiger partial charge in [-0.3, -0.25) is 9.05 Å². The van der Waals surface area contributed by atoms with Crippen LogP contribution >= 0.6 is 7.82 Å². The second-order valence-corrected chi connectivity index (χ2v) is 8.81. The van der Waals surface area contributed by atoms with E-state index >= 15 is 0 Å². The summed E-state index contributed by atoms with van der Waals surface area (Å²) in [6.07, 6.45) is 13.2. The third kappa shape index (κ3) is 24.1. The van der Waals surface area contributed by atoms with Crippen molar-refractivity contribution in [2.45, 2.75) is 111 Å². The molecule has 0 rings (SSSR count). The standard InChI is InChI=1S/C13H30NO6P.C8H18/c1-3-4-5-6-7-12(2)18-11-13(10-15)20-21(16,17)19-9-8-14;1-3-5-7-8-6-4-2/h12-13,15H,3-11,14H2,1-2H3,(H,16,17);3-8H2,1-2H3/t12?,13-;/m0./s1. The quantitative estimate of drug-likeness (QED) is 0.187. The van der Waals surface area contributed by atoms with Crippen LogP contribution in [-0.2, 0) is 18.3 Å². The van der Waals surface area contributed by atoms with E-state index in [4.69, 9.17) is 20.1 Å².